The van der Waals surface area contributed by atoms with Crippen molar-refractivity contribution in [2.45, 2.75) is 18.8 Å². The van der Waals surface area contributed by atoms with Gasteiger partial charge in [0.25, 0.3) is 0 Å². The van der Waals surface area contributed by atoms with E-state index in [1.165, 1.54) is 0 Å². The highest BCUT2D eigenvalue weighted by Crippen LogP contribution is 2.39. The molecule has 2 aliphatic heterocycles. The average Bonchev–Trinajstić information content (AvgIpc) is 3.08. The fourth-order valence-corrected chi connectivity index (χ4v) is 3.19. The number of carboxylic acids is 1. The van der Waals surface area contributed by atoms with Crippen LogP contribution in [0, 0.1) is 11.8 Å². The molecular weight excluding hydrogens is 329 g/mol. The summed E-state index contributed by atoms with van der Waals surface area (Å²) in [5.74, 6) is -2.92. The van der Waals surface area contributed by atoms with Crippen molar-refractivity contribution >= 4 is 35.1 Å². The molecule has 0 saturated carbocycles. The van der Waals surface area contributed by atoms with E-state index in [1.807, 2.05) is 0 Å². The predicted octanol–water partition coefficient (Wildman–Crippen LogP) is 2.26. The van der Waals surface area contributed by atoms with E-state index in [2.05, 4.69) is 5.32 Å². The lowest BCUT2D eigenvalue weighted by atomic mass is 9.82. The van der Waals surface area contributed by atoms with Gasteiger partial charge in [-0.2, -0.15) is 0 Å². The van der Waals surface area contributed by atoms with Gasteiger partial charge in [-0.05, 0) is 17.7 Å². The van der Waals surface area contributed by atoms with Crippen LogP contribution in [0.1, 0.15) is 5.56 Å². The Balaban J connectivity index is 1.68. The van der Waals surface area contributed by atoms with Gasteiger partial charge in [0.15, 0.2) is 0 Å². The van der Waals surface area contributed by atoms with Gasteiger partial charge in [-0.1, -0.05) is 41.4 Å². The number of fused-ring (bicyclic) bond motifs is 2. The van der Waals surface area contributed by atoms with Crippen molar-refractivity contribution in [3.05, 3.63) is 46.0 Å². The molecule has 1 saturated heterocycles. The summed E-state index contributed by atoms with van der Waals surface area (Å²) in [4.78, 5) is 23.7. The van der Waals surface area contributed by atoms with E-state index in [-0.39, 0.29) is 12.5 Å². The van der Waals surface area contributed by atoms with Crippen LogP contribution in [0.4, 0.5) is 0 Å². The molecule has 0 radical (unpaired) electrons. The summed E-state index contributed by atoms with van der Waals surface area (Å²) >= 11 is 11.8. The minimum Gasteiger partial charge on any atom is -0.481 e. The summed E-state index contributed by atoms with van der Waals surface area (Å²) in [6.45, 7) is 0.250. The van der Waals surface area contributed by atoms with Crippen molar-refractivity contribution in [1.29, 1.82) is 0 Å². The van der Waals surface area contributed by atoms with Gasteiger partial charge in [-0.15, -0.1) is 0 Å². The first-order valence-corrected chi connectivity index (χ1v) is 7.51. The molecule has 1 fully saturated rings. The van der Waals surface area contributed by atoms with Gasteiger partial charge in [-0.3, -0.25) is 9.59 Å². The van der Waals surface area contributed by atoms with Gasteiger partial charge in [0.2, 0.25) is 5.91 Å². The zero-order valence-electron chi connectivity index (χ0n) is 11.3. The van der Waals surface area contributed by atoms with E-state index in [9.17, 15) is 14.7 Å². The van der Waals surface area contributed by atoms with Crippen LogP contribution in [0.2, 0.25) is 10.0 Å². The number of ether oxygens (including phenoxy) is 1. The van der Waals surface area contributed by atoms with Crippen molar-refractivity contribution in [3.8, 4) is 0 Å². The average molecular weight is 342 g/mol. The maximum absolute atomic E-state index is 12.3. The molecule has 1 aromatic rings. The first-order valence-electron chi connectivity index (χ1n) is 6.75. The van der Waals surface area contributed by atoms with Gasteiger partial charge in [0.1, 0.15) is 5.92 Å². The molecule has 2 heterocycles. The Kier molecular flexibility index (Phi) is 4.12. The third kappa shape index (κ3) is 2.72. The quantitative estimate of drug-likeness (QED) is 0.823. The number of nitrogens with one attached hydrogen (secondary N) is 1. The highest BCUT2D eigenvalue weighted by molar-refractivity contribution is 6.42. The first kappa shape index (κ1) is 15.3. The third-order valence-corrected chi connectivity index (χ3v) is 4.68. The molecule has 0 aliphatic carbocycles. The van der Waals surface area contributed by atoms with Gasteiger partial charge in [0.05, 0.1) is 28.2 Å². The highest BCUT2D eigenvalue weighted by Gasteiger charge is 2.53. The number of amides is 1. The number of aliphatic carboxylic acids is 1. The van der Waals surface area contributed by atoms with Crippen LogP contribution in [0.3, 0.4) is 0 Å². The topological polar surface area (TPSA) is 75.6 Å². The van der Waals surface area contributed by atoms with E-state index >= 15 is 0 Å². The minimum absolute atomic E-state index is 0.250. The highest BCUT2D eigenvalue weighted by atomic mass is 35.5. The lowest BCUT2D eigenvalue weighted by molar-refractivity contribution is -0.146. The van der Waals surface area contributed by atoms with E-state index in [1.54, 1.807) is 30.4 Å². The fourth-order valence-electron chi connectivity index (χ4n) is 2.87. The van der Waals surface area contributed by atoms with Crippen LogP contribution in [-0.2, 0) is 20.9 Å². The Morgan fingerprint density at radius 3 is 2.45 bits per heavy atom. The Bertz CT molecular complexity index is 661. The van der Waals surface area contributed by atoms with E-state index in [0.29, 0.717) is 10.0 Å². The number of carbonyl (C=O) groups is 2. The molecule has 2 aliphatic rings. The van der Waals surface area contributed by atoms with Crippen molar-refractivity contribution in [3.63, 3.8) is 0 Å². The smallest absolute Gasteiger partial charge is 0.310 e. The minimum atomic E-state index is -1.02. The van der Waals surface area contributed by atoms with Gasteiger partial charge in [-0.25, -0.2) is 0 Å². The summed E-state index contributed by atoms with van der Waals surface area (Å²) in [7, 11) is 0. The van der Waals surface area contributed by atoms with Crippen LogP contribution >= 0.6 is 23.2 Å². The zero-order valence-corrected chi connectivity index (χ0v) is 12.8. The van der Waals surface area contributed by atoms with Crippen LogP contribution in [-0.4, -0.2) is 29.2 Å². The number of halogens is 2. The molecule has 7 heteroatoms. The molecule has 5 nitrogen and oxygen atoms in total. The van der Waals surface area contributed by atoms with Gasteiger partial charge < -0.3 is 15.2 Å². The second kappa shape index (κ2) is 5.91. The second-order valence-electron chi connectivity index (χ2n) is 5.31. The predicted molar refractivity (Wildman–Crippen MR) is 80.7 cm³/mol. The van der Waals surface area contributed by atoms with E-state index in [0.717, 1.165) is 5.56 Å². The molecule has 0 aromatic heterocycles. The lowest BCUT2D eigenvalue weighted by Crippen LogP contribution is -2.42. The molecule has 2 N–H and O–H groups in total. The van der Waals surface area contributed by atoms with Crippen molar-refractivity contribution in [2.75, 3.05) is 0 Å². The maximum atomic E-state index is 12.3. The molecule has 1 amide bonds. The molecule has 0 unspecified atom stereocenters. The van der Waals surface area contributed by atoms with Crippen LogP contribution in [0.15, 0.2) is 30.4 Å². The molecule has 3 rings (SSSR count). The SMILES string of the molecule is O=C(O)[C@@H]1[C@@H](C(=O)NCc2ccc(Cl)c(Cl)c2)[C@H]2C=C[C@H]1O2. The van der Waals surface area contributed by atoms with E-state index in [4.69, 9.17) is 27.9 Å². The number of carbonyl (C=O) groups excluding carboxylic acids is 1. The second-order valence-corrected chi connectivity index (χ2v) is 6.12. The Morgan fingerprint density at radius 1 is 1.14 bits per heavy atom. The maximum Gasteiger partial charge on any atom is 0.310 e. The normalized spacial score (nSPS) is 28.8. The van der Waals surface area contributed by atoms with E-state index < -0.39 is 30.0 Å². The van der Waals surface area contributed by atoms with Crippen LogP contribution in [0.25, 0.3) is 0 Å². The van der Waals surface area contributed by atoms with Crippen molar-refractivity contribution < 1.29 is 19.4 Å². The summed E-state index contributed by atoms with van der Waals surface area (Å²) in [5, 5.41) is 12.9. The summed E-state index contributed by atoms with van der Waals surface area (Å²) < 4.78 is 5.48. The lowest BCUT2D eigenvalue weighted by Gasteiger charge is -2.21. The first-order chi connectivity index (χ1) is 10.5. The monoisotopic (exact) mass is 341 g/mol. The number of carboxylic acid groups (broad SMARTS) is 1. The molecule has 0 spiro atoms. The number of hydrogen-bond acceptors (Lipinski definition) is 3. The molecule has 22 heavy (non-hydrogen) atoms. The van der Waals surface area contributed by atoms with Gasteiger partial charge in [0, 0.05) is 6.54 Å². The number of benzene rings is 1. The molecular formula is C15H13Cl2NO4. The van der Waals surface area contributed by atoms with Gasteiger partial charge >= 0.3 is 5.97 Å². The third-order valence-electron chi connectivity index (χ3n) is 3.94. The molecule has 116 valence electrons. The Morgan fingerprint density at radius 2 is 1.82 bits per heavy atom. The Hall–Kier alpha value is -1.56. The summed E-state index contributed by atoms with van der Waals surface area (Å²) in [6, 6.07) is 5.06. The van der Waals surface area contributed by atoms with Crippen molar-refractivity contribution in [1.82, 2.24) is 5.32 Å². The fraction of sp³-hybridized carbons (Fsp3) is 0.333. The largest absolute Gasteiger partial charge is 0.481 e. The molecule has 2 bridgehead atoms. The molecule has 4 atom stereocenters. The van der Waals surface area contributed by atoms with Crippen molar-refractivity contribution in [2.24, 2.45) is 11.8 Å². The number of hydrogen-bond donors (Lipinski definition) is 2. The van der Waals surface area contributed by atoms with Crippen LogP contribution in [0.5, 0.6) is 0 Å². The summed E-state index contributed by atoms with van der Waals surface area (Å²) in [5.41, 5.74) is 0.786. The Labute approximate surface area is 136 Å². The van der Waals surface area contributed by atoms with Crippen LogP contribution < -0.4 is 5.32 Å². The zero-order chi connectivity index (χ0) is 15.9. The summed E-state index contributed by atoms with van der Waals surface area (Å²) in [6.07, 6.45) is 2.45. The number of rotatable bonds is 4. The standard InChI is InChI=1S/C15H13Cl2NO4/c16-8-2-1-7(5-9(8)17)6-18-14(19)12-10-3-4-11(22-10)13(12)15(20)21/h1-5,10-13H,6H2,(H,18,19)(H,20,21)/t10-,11-,12+,13+/m1/s1. The molecule has 1 aromatic carbocycles.